The summed E-state index contributed by atoms with van der Waals surface area (Å²) in [6, 6.07) is 12.9. The molecule has 0 aliphatic rings. The van der Waals surface area contributed by atoms with Crippen molar-refractivity contribution in [1.29, 1.82) is 10.7 Å². The van der Waals surface area contributed by atoms with E-state index < -0.39 is 29.2 Å². The normalized spacial score (nSPS) is 10.2. The average molecular weight is 528 g/mol. The zero-order valence-electron chi connectivity index (χ0n) is 21.3. The van der Waals surface area contributed by atoms with E-state index in [0.717, 1.165) is 6.07 Å². The molecule has 0 saturated heterocycles. The summed E-state index contributed by atoms with van der Waals surface area (Å²) in [5, 5.41) is 45.3. The molecular weight excluding hydrogens is 502 g/mol. The van der Waals surface area contributed by atoms with Crippen LogP contribution in [0.15, 0.2) is 48.5 Å². The van der Waals surface area contributed by atoms with Crippen molar-refractivity contribution in [2.75, 3.05) is 17.2 Å². The lowest BCUT2D eigenvalue weighted by Crippen LogP contribution is -2.26. The van der Waals surface area contributed by atoms with Gasteiger partial charge in [-0.15, -0.1) is 0 Å². The van der Waals surface area contributed by atoms with E-state index in [1.165, 1.54) is 31.2 Å². The molecule has 11 nitrogen and oxygen atoms in total. The van der Waals surface area contributed by atoms with Gasteiger partial charge in [0.1, 0.15) is 11.5 Å². The minimum atomic E-state index is -1.39. The molecule has 0 unspecified atom stereocenters. The van der Waals surface area contributed by atoms with Crippen LogP contribution in [0.1, 0.15) is 51.3 Å². The molecule has 0 spiro atoms. The Morgan fingerprint density at radius 3 is 2.26 bits per heavy atom. The van der Waals surface area contributed by atoms with E-state index in [1.807, 2.05) is 6.07 Å². The molecule has 3 aromatic rings. The molecule has 0 atom stereocenters. The predicted octanol–water partition coefficient (Wildman–Crippen LogP) is 3.65. The number of aromatic carboxylic acids is 1. The van der Waals surface area contributed by atoms with Gasteiger partial charge in [0.05, 0.1) is 22.9 Å². The Labute approximate surface area is 223 Å². The predicted molar refractivity (Wildman–Crippen MR) is 144 cm³/mol. The molecule has 0 bridgehead atoms. The number of carboxylic acids is 1. The monoisotopic (exact) mass is 527 g/mol. The molecule has 0 heterocycles. The maximum atomic E-state index is 13.0. The number of aryl methyl sites for hydroxylation is 1. The van der Waals surface area contributed by atoms with Crippen LogP contribution < -0.4 is 16.0 Å². The van der Waals surface area contributed by atoms with Gasteiger partial charge in [0.15, 0.2) is 0 Å². The topological polar surface area (TPSA) is 192 Å². The first kappa shape index (κ1) is 28.1. The van der Waals surface area contributed by atoms with Crippen LogP contribution in [0, 0.1) is 23.7 Å². The molecule has 3 amide bonds. The summed E-state index contributed by atoms with van der Waals surface area (Å²) in [5.74, 6) is -3.64. The molecule has 0 fully saturated rings. The molecule has 3 aromatic carbocycles. The lowest BCUT2D eigenvalue weighted by Gasteiger charge is -2.17. The number of nitrogens with one attached hydrogen (secondary N) is 4. The molecule has 6 N–H and O–H groups in total. The molecule has 11 heteroatoms. The highest BCUT2D eigenvalue weighted by atomic mass is 16.4. The minimum Gasteiger partial charge on any atom is -0.507 e. The third kappa shape index (κ3) is 6.26. The van der Waals surface area contributed by atoms with Crippen molar-refractivity contribution in [2.24, 2.45) is 0 Å². The van der Waals surface area contributed by atoms with Crippen molar-refractivity contribution in [1.82, 2.24) is 5.32 Å². The number of carbonyl (C=O) groups excluding carboxylic acids is 3. The fraction of sp³-hybridized carbons (Fsp3) is 0.143. The Kier molecular flexibility index (Phi) is 8.42. The number of nitriles is 1. The van der Waals surface area contributed by atoms with E-state index >= 15 is 0 Å². The van der Waals surface area contributed by atoms with E-state index in [4.69, 9.17) is 10.7 Å². The zero-order chi connectivity index (χ0) is 28.9. The lowest BCUT2D eigenvalue weighted by atomic mass is 9.91. The lowest BCUT2D eigenvalue weighted by molar-refractivity contribution is -0.114. The number of benzene rings is 3. The zero-order valence-corrected chi connectivity index (χ0v) is 21.3. The Morgan fingerprint density at radius 2 is 1.67 bits per heavy atom. The van der Waals surface area contributed by atoms with Crippen LogP contribution >= 0.6 is 0 Å². The second-order valence-electron chi connectivity index (χ2n) is 8.49. The van der Waals surface area contributed by atoms with Crippen LogP contribution in [-0.2, 0) is 9.59 Å². The highest BCUT2D eigenvalue weighted by Crippen LogP contribution is 2.34. The van der Waals surface area contributed by atoms with Crippen molar-refractivity contribution in [2.45, 2.75) is 20.8 Å². The van der Waals surface area contributed by atoms with Crippen molar-refractivity contribution >= 4 is 40.8 Å². The average Bonchev–Trinajstić information content (AvgIpc) is 2.88. The Morgan fingerprint density at radius 1 is 0.949 bits per heavy atom. The maximum Gasteiger partial charge on any atom is 0.337 e. The van der Waals surface area contributed by atoms with Gasteiger partial charge in [-0.25, -0.2) is 4.79 Å². The van der Waals surface area contributed by atoms with Crippen LogP contribution in [0.5, 0.6) is 5.75 Å². The van der Waals surface area contributed by atoms with E-state index in [2.05, 4.69) is 16.0 Å². The first-order chi connectivity index (χ1) is 18.5. The SMILES string of the molecule is CCNC(=O)c1cc(C(=N)C(=O)Nc2ccc(C#N)cc2C(=O)O)c(O)cc1-c1ccc(NC(C)=O)cc1C. The number of carboxylic acid groups (broad SMARTS) is 1. The second-order valence-corrected chi connectivity index (χ2v) is 8.49. The van der Waals surface area contributed by atoms with Crippen LogP contribution in [0.2, 0.25) is 0 Å². The summed E-state index contributed by atoms with van der Waals surface area (Å²) in [4.78, 5) is 48.9. The number of nitrogens with zero attached hydrogens (tertiary/aromatic N) is 1. The van der Waals surface area contributed by atoms with Crippen LogP contribution in [-0.4, -0.2) is 46.2 Å². The van der Waals surface area contributed by atoms with E-state index in [1.54, 1.807) is 32.0 Å². The molecule has 3 rings (SSSR count). The smallest absolute Gasteiger partial charge is 0.337 e. The summed E-state index contributed by atoms with van der Waals surface area (Å²) in [7, 11) is 0. The van der Waals surface area contributed by atoms with Gasteiger partial charge in [0.25, 0.3) is 11.8 Å². The first-order valence-corrected chi connectivity index (χ1v) is 11.7. The molecular formula is C28H25N5O6. The van der Waals surface area contributed by atoms with Crippen molar-refractivity contribution in [3.63, 3.8) is 0 Å². The summed E-state index contributed by atoms with van der Waals surface area (Å²) in [6.45, 7) is 5.16. The van der Waals surface area contributed by atoms with E-state index in [-0.39, 0.29) is 33.8 Å². The molecule has 0 saturated carbocycles. The Bertz CT molecular complexity index is 1570. The van der Waals surface area contributed by atoms with Crippen molar-refractivity contribution < 1.29 is 29.4 Å². The van der Waals surface area contributed by atoms with Crippen molar-refractivity contribution in [3.8, 4) is 22.9 Å². The Hall–Kier alpha value is -5.50. The minimum absolute atomic E-state index is 0.0701. The quantitative estimate of drug-likeness (QED) is 0.241. The van der Waals surface area contributed by atoms with Gasteiger partial charge in [-0.3, -0.25) is 19.8 Å². The number of hydrogen-bond acceptors (Lipinski definition) is 7. The fourth-order valence-electron chi connectivity index (χ4n) is 3.91. The van der Waals surface area contributed by atoms with Crippen LogP contribution in [0.3, 0.4) is 0 Å². The molecule has 0 aromatic heterocycles. The third-order valence-corrected chi connectivity index (χ3v) is 5.68. The van der Waals surface area contributed by atoms with Gasteiger partial charge in [-0.1, -0.05) is 6.07 Å². The van der Waals surface area contributed by atoms with Gasteiger partial charge in [0.2, 0.25) is 5.91 Å². The highest BCUT2D eigenvalue weighted by molar-refractivity contribution is 6.48. The maximum absolute atomic E-state index is 13.0. The van der Waals surface area contributed by atoms with Gasteiger partial charge < -0.3 is 26.2 Å². The number of amides is 3. The number of phenols is 1. The van der Waals surface area contributed by atoms with Gasteiger partial charge in [-0.2, -0.15) is 5.26 Å². The number of hydrogen-bond donors (Lipinski definition) is 6. The second kappa shape index (κ2) is 11.7. The summed E-state index contributed by atoms with van der Waals surface area (Å²) in [6.07, 6.45) is 0. The Balaban J connectivity index is 2.05. The van der Waals surface area contributed by atoms with Gasteiger partial charge in [-0.05, 0) is 73.0 Å². The highest BCUT2D eigenvalue weighted by Gasteiger charge is 2.24. The van der Waals surface area contributed by atoms with Crippen LogP contribution in [0.4, 0.5) is 11.4 Å². The molecule has 39 heavy (non-hydrogen) atoms. The molecule has 0 aliphatic heterocycles. The van der Waals surface area contributed by atoms with Gasteiger partial charge in [0, 0.05) is 30.3 Å². The number of rotatable bonds is 8. The fourth-order valence-corrected chi connectivity index (χ4v) is 3.91. The van der Waals surface area contributed by atoms with E-state index in [9.17, 15) is 29.4 Å². The number of carbonyl (C=O) groups is 4. The third-order valence-electron chi connectivity index (χ3n) is 5.68. The summed E-state index contributed by atoms with van der Waals surface area (Å²) >= 11 is 0. The molecule has 0 radical (unpaired) electrons. The number of anilines is 2. The molecule has 198 valence electrons. The molecule has 0 aliphatic carbocycles. The number of aromatic hydroxyl groups is 1. The summed E-state index contributed by atoms with van der Waals surface area (Å²) in [5.41, 5.74) is 0.831. The van der Waals surface area contributed by atoms with Crippen molar-refractivity contribution in [3.05, 3.63) is 76.3 Å². The van der Waals surface area contributed by atoms with Gasteiger partial charge >= 0.3 is 5.97 Å². The first-order valence-electron chi connectivity index (χ1n) is 11.7. The standard InChI is InChI=1S/C28H25N5O6/c1-4-31-26(36)20-11-22(24(35)12-19(20)18-7-6-17(9-14(18)2)32-15(3)34)25(30)27(37)33-23-8-5-16(13-29)10-21(23)28(38)39/h5-12,30,35H,4H2,1-3H3,(H,31,36)(H,32,34)(H,33,37)(H,38,39). The van der Waals surface area contributed by atoms with Crippen LogP contribution in [0.25, 0.3) is 11.1 Å². The van der Waals surface area contributed by atoms with E-state index in [0.29, 0.717) is 28.9 Å². The largest absolute Gasteiger partial charge is 0.507 e. The summed E-state index contributed by atoms with van der Waals surface area (Å²) < 4.78 is 0. The number of phenolic OH excluding ortho intramolecular Hbond substituents is 1.